The maximum Gasteiger partial charge on any atom is 0.251 e. The molecule has 1 saturated carbocycles. The molecule has 1 amide bonds. The van der Waals surface area contributed by atoms with E-state index in [4.69, 9.17) is 5.11 Å². The van der Waals surface area contributed by atoms with Crippen molar-refractivity contribution in [2.45, 2.75) is 38.3 Å². The molecule has 0 aliphatic heterocycles. The molecule has 1 aliphatic rings. The summed E-state index contributed by atoms with van der Waals surface area (Å²) in [7, 11) is 1.85. The first-order valence-corrected chi connectivity index (χ1v) is 7.30. The Labute approximate surface area is 128 Å². The molecule has 2 aromatic rings. The molecule has 116 valence electrons. The van der Waals surface area contributed by atoms with E-state index in [9.17, 15) is 4.79 Å². The number of rotatable bonds is 4. The molecule has 1 aliphatic carbocycles. The molecule has 0 saturated heterocycles. The number of pyridine rings is 1. The van der Waals surface area contributed by atoms with Gasteiger partial charge in [0.25, 0.3) is 5.91 Å². The van der Waals surface area contributed by atoms with Crippen molar-refractivity contribution in [1.82, 2.24) is 25.1 Å². The van der Waals surface area contributed by atoms with E-state index >= 15 is 0 Å². The van der Waals surface area contributed by atoms with Crippen molar-refractivity contribution in [2.75, 3.05) is 0 Å². The van der Waals surface area contributed by atoms with Crippen molar-refractivity contribution < 1.29 is 9.90 Å². The van der Waals surface area contributed by atoms with Gasteiger partial charge >= 0.3 is 0 Å². The summed E-state index contributed by atoms with van der Waals surface area (Å²) in [5.41, 5.74) is 1.54. The van der Waals surface area contributed by atoms with Crippen LogP contribution in [0.15, 0.2) is 18.5 Å². The van der Waals surface area contributed by atoms with Crippen LogP contribution in [0.3, 0.4) is 0 Å². The Morgan fingerprint density at radius 3 is 2.86 bits per heavy atom. The molecule has 2 N–H and O–H groups in total. The Morgan fingerprint density at radius 2 is 2.23 bits per heavy atom. The molecule has 2 heterocycles. The van der Waals surface area contributed by atoms with E-state index in [0.717, 1.165) is 24.2 Å². The topological polar surface area (TPSA) is 92.9 Å². The predicted octanol–water partition coefficient (Wildman–Crippen LogP) is 0.687. The van der Waals surface area contributed by atoms with E-state index in [1.54, 1.807) is 18.5 Å². The fourth-order valence-electron chi connectivity index (χ4n) is 2.81. The van der Waals surface area contributed by atoms with Crippen LogP contribution in [0.2, 0.25) is 0 Å². The number of amides is 1. The summed E-state index contributed by atoms with van der Waals surface area (Å²) in [5.74, 6) is 1.66. The number of hydrogen-bond donors (Lipinski definition) is 2. The zero-order valence-corrected chi connectivity index (χ0v) is 12.7. The van der Waals surface area contributed by atoms with E-state index in [-0.39, 0.29) is 24.5 Å². The van der Waals surface area contributed by atoms with E-state index in [0.29, 0.717) is 11.4 Å². The van der Waals surface area contributed by atoms with E-state index in [1.807, 2.05) is 18.5 Å². The second kappa shape index (κ2) is 5.84. The van der Waals surface area contributed by atoms with Gasteiger partial charge in [-0.1, -0.05) is 0 Å². The van der Waals surface area contributed by atoms with Crippen LogP contribution in [0.1, 0.15) is 46.3 Å². The van der Waals surface area contributed by atoms with Crippen LogP contribution in [0.4, 0.5) is 0 Å². The van der Waals surface area contributed by atoms with E-state index in [1.165, 1.54) is 0 Å². The van der Waals surface area contributed by atoms with Crippen molar-refractivity contribution in [3.8, 4) is 0 Å². The highest BCUT2D eigenvalue weighted by atomic mass is 16.3. The average molecular weight is 301 g/mol. The first-order valence-electron chi connectivity index (χ1n) is 7.30. The minimum atomic E-state index is -0.113. The smallest absolute Gasteiger partial charge is 0.251 e. The van der Waals surface area contributed by atoms with Crippen molar-refractivity contribution in [1.29, 1.82) is 0 Å². The van der Waals surface area contributed by atoms with Gasteiger partial charge in [0.2, 0.25) is 0 Å². The Morgan fingerprint density at radius 1 is 1.45 bits per heavy atom. The lowest BCUT2D eigenvalue weighted by atomic mass is 9.79. The molecule has 0 atom stereocenters. The van der Waals surface area contributed by atoms with Crippen LogP contribution >= 0.6 is 0 Å². The third kappa shape index (κ3) is 2.59. The molecule has 0 radical (unpaired) electrons. The number of nitrogens with zero attached hydrogens (tertiary/aromatic N) is 4. The summed E-state index contributed by atoms with van der Waals surface area (Å²) in [6.45, 7) is 1.76. The monoisotopic (exact) mass is 301 g/mol. The largest absolute Gasteiger partial charge is 0.388 e. The van der Waals surface area contributed by atoms with Gasteiger partial charge < -0.3 is 15.0 Å². The lowest BCUT2D eigenvalue weighted by molar-refractivity contribution is 0.0906. The summed E-state index contributed by atoms with van der Waals surface area (Å²) in [6.07, 6.45) is 5.00. The van der Waals surface area contributed by atoms with Crippen LogP contribution in [0.5, 0.6) is 0 Å². The molecule has 22 heavy (non-hydrogen) atoms. The minimum absolute atomic E-state index is 0.0580. The van der Waals surface area contributed by atoms with Crippen LogP contribution in [-0.4, -0.2) is 36.8 Å². The molecule has 1 fully saturated rings. The Kier molecular flexibility index (Phi) is 3.89. The first kappa shape index (κ1) is 14.6. The Hall–Kier alpha value is -2.28. The second-order valence-electron chi connectivity index (χ2n) is 5.72. The van der Waals surface area contributed by atoms with Crippen molar-refractivity contribution in [3.05, 3.63) is 41.2 Å². The summed E-state index contributed by atoms with van der Waals surface area (Å²) >= 11 is 0. The standard InChI is InChI=1S/C15H19N5O2/c1-9-7-16-4-3-12(9)15(22)17-11-5-10(6-11)14-19-18-13(8-21)20(14)2/h3-4,7,10-11,21H,5-6,8H2,1-2H3,(H,17,22). The zero-order valence-electron chi connectivity index (χ0n) is 12.7. The number of carbonyl (C=O) groups excluding carboxylic acids is 1. The quantitative estimate of drug-likeness (QED) is 0.866. The molecule has 2 aromatic heterocycles. The van der Waals surface area contributed by atoms with Gasteiger partial charge in [-0.25, -0.2) is 0 Å². The molecule has 3 rings (SSSR count). The molecule has 0 spiro atoms. The average Bonchev–Trinajstić information content (AvgIpc) is 2.83. The number of aryl methyl sites for hydroxylation is 1. The molecule has 7 nitrogen and oxygen atoms in total. The molecule has 0 aromatic carbocycles. The zero-order chi connectivity index (χ0) is 15.7. The van der Waals surface area contributed by atoms with E-state index in [2.05, 4.69) is 20.5 Å². The molecular formula is C15H19N5O2. The van der Waals surface area contributed by atoms with Gasteiger partial charge in [0.05, 0.1) is 0 Å². The summed E-state index contributed by atoms with van der Waals surface area (Å²) in [6, 6.07) is 1.89. The predicted molar refractivity (Wildman–Crippen MR) is 79.1 cm³/mol. The van der Waals surface area contributed by atoms with Gasteiger partial charge in [-0.2, -0.15) is 0 Å². The Balaban J connectivity index is 1.59. The highest BCUT2D eigenvalue weighted by molar-refractivity contribution is 5.95. The third-order valence-electron chi connectivity index (χ3n) is 4.24. The highest BCUT2D eigenvalue weighted by Crippen LogP contribution is 2.36. The first-order chi connectivity index (χ1) is 10.6. The SMILES string of the molecule is Cc1cnccc1C(=O)NC1CC(c2nnc(CO)n2C)C1. The maximum absolute atomic E-state index is 12.2. The number of hydrogen-bond acceptors (Lipinski definition) is 5. The normalized spacial score (nSPS) is 20.5. The highest BCUT2D eigenvalue weighted by Gasteiger charge is 2.35. The van der Waals surface area contributed by atoms with Crippen LogP contribution < -0.4 is 5.32 Å². The number of carbonyl (C=O) groups is 1. The molecule has 0 unspecified atom stereocenters. The fourth-order valence-corrected chi connectivity index (χ4v) is 2.81. The summed E-state index contributed by atoms with van der Waals surface area (Å²) in [4.78, 5) is 16.2. The number of nitrogens with one attached hydrogen (secondary N) is 1. The van der Waals surface area contributed by atoms with E-state index < -0.39 is 0 Å². The molecule has 7 heteroatoms. The minimum Gasteiger partial charge on any atom is -0.388 e. The lowest BCUT2D eigenvalue weighted by Gasteiger charge is -2.35. The van der Waals surface area contributed by atoms with Crippen molar-refractivity contribution >= 4 is 5.91 Å². The third-order valence-corrected chi connectivity index (χ3v) is 4.24. The van der Waals surface area contributed by atoms with Gasteiger partial charge in [-0.3, -0.25) is 9.78 Å². The maximum atomic E-state index is 12.2. The van der Waals surface area contributed by atoms with Crippen molar-refractivity contribution in [2.24, 2.45) is 7.05 Å². The summed E-state index contributed by atoms with van der Waals surface area (Å²) < 4.78 is 1.83. The van der Waals surface area contributed by atoms with Gasteiger partial charge in [0.15, 0.2) is 5.82 Å². The van der Waals surface area contributed by atoms with Crippen molar-refractivity contribution in [3.63, 3.8) is 0 Å². The van der Waals surface area contributed by atoms with Crippen LogP contribution in [-0.2, 0) is 13.7 Å². The Bertz CT molecular complexity index is 691. The second-order valence-corrected chi connectivity index (χ2v) is 5.72. The van der Waals surface area contributed by atoms with Gasteiger partial charge in [0, 0.05) is 37.0 Å². The van der Waals surface area contributed by atoms with Gasteiger partial charge in [-0.05, 0) is 31.4 Å². The summed E-state index contributed by atoms with van der Waals surface area (Å²) in [5, 5.41) is 20.3. The lowest BCUT2D eigenvalue weighted by Crippen LogP contribution is -2.44. The number of aromatic nitrogens is 4. The van der Waals surface area contributed by atoms with Crippen LogP contribution in [0, 0.1) is 6.92 Å². The van der Waals surface area contributed by atoms with Crippen LogP contribution in [0.25, 0.3) is 0 Å². The van der Waals surface area contributed by atoms with Gasteiger partial charge in [0.1, 0.15) is 12.4 Å². The molecule has 0 bridgehead atoms. The fraction of sp³-hybridized carbons (Fsp3) is 0.467. The number of aliphatic hydroxyl groups is 1. The molecular weight excluding hydrogens is 282 g/mol. The van der Waals surface area contributed by atoms with Gasteiger partial charge in [-0.15, -0.1) is 10.2 Å². The number of aliphatic hydroxyl groups excluding tert-OH is 1.